The van der Waals surface area contributed by atoms with Gasteiger partial charge >= 0.3 is 0 Å². The number of anilines is 1. The minimum absolute atomic E-state index is 0.190. The van der Waals surface area contributed by atoms with Gasteiger partial charge in [0.15, 0.2) is 0 Å². The van der Waals surface area contributed by atoms with Crippen LogP contribution in [0.3, 0.4) is 0 Å². The van der Waals surface area contributed by atoms with E-state index in [1.165, 1.54) is 11.3 Å². The van der Waals surface area contributed by atoms with Crippen molar-refractivity contribution in [1.29, 1.82) is 0 Å². The molecule has 3 rings (SSSR count). The van der Waals surface area contributed by atoms with E-state index in [2.05, 4.69) is 53.3 Å². The molecule has 1 aromatic heterocycles. The maximum Gasteiger partial charge on any atom is 0.0720 e. The van der Waals surface area contributed by atoms with E-state index >= 15 is 0 Å². The molecule has 2 aromatic carbocycles. The molecule has 0 aliphatic heterocycles. The van der Waals surface area contributed by atoms with Gasteiger partial charge < -0.3 is 16.0 Å². The fourth-order valence-corrected chi connectivity index (χ4v) is 3.32. The topological polar surface area (TPSA) is 54.2 Å². The van der Waals surface area contributed by atoms with Crippen molar-refractivity contribution in [2.45, 2.75) is 32.0 Å². The number of pyridine rings is 1. The molecular formula is C22H27ClN4. The maximum absolute atomic E-state index is 6.67. The number of nitrogens with one attached hydrogen (secondary N) is 1. The Kier molecular flexibility index (Phi) is 5.70. The van der Waals surface area contributed by atoms with Crippen molar-refractivity contribution in [3.63, 3.8) is 0 Å². The molecule has 0 saturated heterocycles. The summed E-state index contributed by atoms with van der Waals surface area (Å²) in [4.78, 5) is 6.51. The minimum atomic E-state index is -0.297. The van der Waals surface area contributed by atoms with E-state index in [4.69, 9.17) is 17.3 Å². The Labute approximate surface area is 166 Å². The van der Waals surface area contributed by atoms with Gasteiger partial charge in [-0.2, -0.15) is 0 Å². The molecular weight excluding hydrogens is 356 g/mol. The first-order valence-electron chi connectivity index (χ1n) is 9.09. The zero-order valence-electron chi connectivity index (χ0n) is 16.3. The van der Waals surface area contributed by atoms with Gasteiger partial charge in [-0.25, -0.2) is 0 Å². The van der Waals surface area contributed by atoms with E-state index in [1.54, 1.807) is 6.20 Å². The predicted molar refractivity (Wildman–Crippen MR) is 115 cm³/mol. The van der Waals surface area contributed by atoms with E-state index in [1.807, 2.05) is 38.4 Å². The zero-order valence-corrected chi connectivity index (χ0v) is 17.1. The van der Waals surface area contributed by atoms with Crippen LogP contribution in [0.1, 0.15) is 31.0 Å². The van der Waals surface area contributed by atoms with Gasteiger partial charge in [0.2, 0.25) is 0 Å². The Morgan fingerprint density at radius 3 is 2.48 bits per heavy atom. The van der Waals surface area contributed by atoms with Crippen LogP contribution >= 0.6 is 11.6 Å². The lowest BCUT2D eigenvalue weighted by molar-refractivity contribution is 0.322. The van der Waals surface area contributed by atoms with Crippen LogP contribution < -0.4 is 16.0 Å². The highest BCUT2D eigenvalue weighted by Gasteiger charge is 2.28. The van der Waals surface area contributed by atoms with Crippen LogP contribution in [0.25, 0.3) is 10.9 Å². The van der Waals surface area contributed by atoms with E-state index in [0.29, 0.717) is 5.02 Å². The van der Waals surface area contributed by atoms with Gasteiger partial charge in [0, 0.05) is 54.5 Å². The van der Waals surface area contributed by atoms with Crippen molar-refractivity contribution < 1.29 is 0 Å². The summed E-state index contributed by atoms with van der Waals surface area (Å²) < 4.78 is 0. The second kappa shape index (κ2) is 7.85. The van der Waals surface area contributed by atoms with Gasteiger partial charge in [0.1, 0.15) is 0 Å². The van der Waals surface area contributed by atoms with Gasteiger partial charge in [-0.3, -0.25) is 4.98 Å². The van der Waals surface area contributed by atoms with Gasteiger partial charge in [-0.05, 0) is 55.3 Å². The van der Waals surface area contributed by atoms with Crippen molar-refractivity contribution >= 4 is 28.2 Å². The zero-order chi connectivity index (χ0) is 19.6. The summed E-state index contributed by atoms with van der Waals surface area (Å²) in [5, 5.41) is 5.33. The average molecular weight is 383 g/mol. The summed E-state index contributed by atoms with van der Waals surface area (Å²) in [5.41, 5.74) is 10.7. The third-order valence-electron chi connectivity index (χ3n) is 5.05. The Hall–Kier alpha value is -2.14. The smallest absolute Gasteiger partial charge is 0.0720 e. The van der Waals surface area contributed by atoms with Crippen molar-refractivity contribution in [1.82, 2.24) is 10.3 Å². The lowest BCUT2D eigenvalue weighted by Crippen LogP contribution is -2.48. The fourth-order valence-electron chi connectivity index (χ4n) is 3.16. The molecule has 3 aromatic rings. The molecule has 0 bridgehead atoms. The lowest BCUT2D eigenvalue weighted by atomic mass is 9.87. The molecule has 0 radical (unpaired) electrons. The summed E-state index contributed by atoms with van der Waals surface area (Å²) in [6.07, 6.45) is 1.80. The van der Waals surface area contributed by atoms with Crippen molar-refractivity contribution in [3.8, 4) is 0 Å². The predicted octanol–water partition coefficient (Wildman–Crippen LogP) is 4.52. The highest BCUT2D eigenvalue weighted by atomic mass is 35.5. The first-order valence-corrected chi connectivity index (χ1v) is 9.47. The first-order chi connectivity index (χ1) is 12.8. The SMILES string of the molecule is CN(C)c1ccc(CNC(C)(C)C(N)c2ccnc3cc(Cl)ccc23)cc1. The largest absolute Gasteiger partial charge is 0.378 e. The van der Waals surface area contributed by atoms with E-state index in [-0.39, 0.29) is 11.6 Å². The van der Waals surface area contributed by atoms with Crippen LogP contribution in [0.15, 0.2) is 54.7 Å². The van der Waals surface area contributed by atoms with Gasteiger partial charge in [-0.1, -0.05) is 29.8 Å². The highest BCUT2D eigenvalue weighted by Crippen LogP contribution is 2.30. The van der Waals surface area contributed by atoms with E-state index in [0.717, 1.165) is 23.0 Å². The van der Waals surface area contributed by atoms with Crippen LogP contribution in [0, 0.1) is 0 Å². The van der Waals surface area contributed by atoms with Crippen molar-refractivity contribution in [3.05, 3.63) is 70.9 Å². The quantitative estimate of drug-likeness (QED) is 0.658. The molecule has 0 amide bonds. The third kappa shape index (κ3) is 4.41. The number of aromatic nitrogens is 1. The average Bonchev–Trinajstić information content (AvgIpc) is 2.65. The standard InChI is InChI=1S/C22H27ClN4/c1-22(2,26-14-15-5-8-17(9-6-15)27(3)4)21(24)19-11-12-25-20-13-16(23)7-10-18(19)20/h5-13,21,26H,14,24H2,1-4H3. The molecule has 3 N–H and O–H groups in total. The number of hydrogen-bond donors (Lipinski definition) is 2. The molecule has 1 atom stereocenters. The Bertz CT molecular complexity index is 919. The minimum Gasteiger partial charge on any atom is -0.378 e. The number of fused-ring (bicyclic) bond motifs is 1. The number of nitrogens with zero attached hydrogens (tertiary/aromatic N) is 2. The van der Waals surface area contributed by atoms with Crippen molar-refractivity contribution in [2.75, 3.05) is 19.0 Å². The molecule has 4 nitrogen and oxygen atoms in total. The van der Waals surface area contributed by atoms with Crippen LogP contribution in [-0.2, 0) is 6.54 Å². The Balaban J connectivity index is 1.78. The molecule has 0 saturated carbocycles. The van der Waals surface area contributed by atoms with Crippen molar-refractivity contribution in [2.24, 2.45) is 5.73 Å². The number of benzene rings is 2. The molecule has 0 fully saturated rings. The third-order valence-corrected chi connectivity index (χ3v) is 5.29. The molecule has 0 aliphatic carbocycles. The molecule has 5 heteroatoms. The molecule has 27 heavy (non-hydrogen) atoms. The first kappa shape index (κ1) is 19.6. The summed E-state index contributed by atoms with van der Waals surface area (Å²) in [7, 11) is 4.09. The van der Waals surface area contributed by atoms with Gasteiger partial charge in [-0.15, -0.1) is 0 Å². The Morgan fingerprint density at radius 2 is 1.81 bits per heavy atom. The lowest BCUT2D eigenvalue weighted by Gasteiger charge is -2.34. The van der Waals surface area contributed by atoms with E-state index < -0.39 is 0 Å². The maximum atomic E-state index is 6.67. The van der Waals surface area contributed by atoms with Gasteiger partial charge in [0.25, 0.3) is 0 Å². The molecule has 1 unspecified atom stereocenters. The normalized spacial score (nSPS) is 13.0. The molecule has 142 valence electrons. The Morgan fingerprint density at radius 1 is 1.11 bits per heavy atom. The highest BCUT2D eigenvalue weighted by molar-refractivity contribution is 6.31. The number of halogens is 1. The second-order valence-electron chi connectivity index (χ2n) is 7.68. The van der Waals surface area contributed by atoms with E-state index in [9.17, 15) is 0 Å². The fraction of sp³-hybridized carbons (Fsp3) is 0.318. The number of nitrogens with two attached hydrogens (primary N) is 1. The molecule has 0 aliphatic rings. The van der Waals surface area contributed by atoms with Crippen LogP contribution in [-0.4, -0.2) is 24.6 Å². The monoisotopic (exact) mass is 382 g/mol. The summed E-state index contributed by atoms with van der Waals surface area (Å²) >= 11 is 6.10. The van der Waals surface area contributed by atoms with Gasteiger partial charge in [0.05, 0.1) is 5.52 Å². The van der Waals surface area contributed by atoms with Crippen LogP contribution in [0.4, 0.5) is 5.69 Å². The summed E-state index contributed by atoms with van der Waals surface area (Å²) in [6, 6.07) is 16.1. The van der Waals surface area contributed by atoms with Crippen LogP contribution in [0.2, 0.25) is 5.02 Å². The number of hydrogen-bond acceptors (Lipinski definition) is 4. The second-order valence-corrected chi connectivity index (χ2v) is 8.11. The number of rotatable bonds is 6. The summed E-state index contributed by atoms with van der Waals surface area (Å²) in [6.45, 7) is 5.02. The molecule has 1 heterocycles. The molecule has 0 spiro atoms. The van der Waals surface area contributed by atoms with Crippen LogP contribution in [0.5, 0.6) is 0 Å². The summed E-state index contributed by atoms with van der Waals surface area (Å²) in [5.74, 6) is 0.